The summed E-state index contributed by atoms with van der Waals surface area (Å²) in [5, 5.41) is 7.75. The first-order valence-corrected chi connectivity index (χ1v) is 10.4. The maximum atomic E-state index is 12.7. The molecule has 7 heteroatoms. The third-order valence-corrected chi connectivity index (χ3v) is 5.59. The molecule has 0 unspecified atom stereocenters. The average molecular weight is 393 g/mol. The summed E-state index contributed by atoms with van der Waals surface area (Å²) >= 11 is 6.09. The van der Waals surface area contributed by atoms with E-state index in [-0.39, 0.29) is 11.9 Å². The van der Waals surface area contributed by atoms with Crippen molar-refractivity contribution in [3.05, 3.63) is 28.7 Å². The third kappa shape index (κ3) is 5.20. The van der Waals surface area contributed by atoms with Gasteiger partial charge in [-0.15, -0.1) is 0 Å². The number of carbonyl (C=O) groups excluding carboxylic acids is 1. The fourth-order valence-corrected chi connectivity index (χ4v) is 3.68. The van der Waals surface area contributed by atoms with Crippen molar-refractivity contribution in [1.29, 1.82) is 0 Å². The molecule has 1 saturated carbocycles. The standard InChI is InChI=1S/C20H29ClN4O2/c1-3-4-5-6-11-27-16-9-7-15(8-10-16)23-20(26)17-13-22-18-12-14(2)19(21)24-25(17)18/h12-13,15-16H,3-11H2,1-2H3,(H,23,26)/t15-,16-. The average Bonchev–Trinajstić information content (AvgIpc) is 3.06. The Hall–Kier alpha value is -1.66. The summed E-state index contributed by atoms with van der Waals surface area (Å²) in [4.78, 5) is 16.9. The summed E-state index contributed by atoms with van der Waals surface area (Å²) in [7, 11) is 0. The van der Waals surface area contributed by atoms with Gasteiger partial charge in [0, 0.05) is 12.6 Å². The van der Waals surface area contributed by atoms with Gasteiger partial charge in [-0.25, -0.2) is 9.50 Å². The highest BCUT2D eigenvalue weighted by molar-refractivity contribution is 6.30. The van der Waals surface area contributed by atoms with Gasteiger partial charge in [0.1, 0.15) is 0 Å². The Labute approximate surface area is 165 Å². The van der Waals surface area contributed by atoms with E-state index in [9.17, 15) is 4.79 Å². The van der Waals surface area contributed by atoms with Crippen LogP contribution in [0.4, 0.5) is 0 Å². The Morgan fingerprint density at radius 2 is 2.07 bits per heavy atom. The molecule has 0 aromatic carbocycles. The van der Waals surface area contributed by atoms with Crippen molar-refractivity contribution in [1.82, 2.24) is 19.9 Å². The van der Waals surface area contributed by atoms with Gasteiger partial charge in [0.15, 0.2) is 16.5 Å². The molecule has 2 heterocycles. The number of hydrogen-bond donors (Lipinski definition) is 1. The Morgan fingerprint density at radius 3 is 2.81 bits per heavy atom. The summed E-state index contributed by atoms with van der Waals surface area (Å²) in [6.07, 6.45) is 10.7. The number of fused-ring (bicyclic) bond motifs is 1. The van der Waals surface area contributed by atoms with Crippen molar-refractivity contribution in [2.75, 3.05) is 6.61 Å². The predicted molar refractivity (Wildman–Crippen MR) is 106 cm³/mol. The van der Waals surface area contributed by atoms with Gasteiger partial charge in [0.2, 0.25) is 0 Å². The molecule has 1 N–H and O–H groups in total. The Bertz CT molecular complexity index is 769. The summed E-state index contributed by atoms with van der Waals surface area (Å²) in [6.45, 7) is 4.94. The lowest BCUT2D eigenvalue weighted by atomic mass is 9.93. The summed E-state index contributed by atoms with van der Waals surface area (Å²) in [5.41, 5.74) is 1.89. The number of nitrogens with zero attached hydrogens (tertiary/aromatic N) is 3. The molecular formula is C20H29ClN4O2. The van der Waals surface area contributed by atoms with Crippen LogP contribution < -0.4 is 5.32 Å². The quantitative estimate of drug-likeness (QED) is 0.679. The second-order valence-electron chi connectivity index (χ2n) is 7.41. The number of aromatic nitrogens is 3. The predicted octanol–water partition coefficient (Wildman–Crippen LogP) is 4.33. The summed E-state index contributed by atoms with van der Waals surface area (Å²) in [6, 6.07) is 2.00. The van der Waals surface area contributed by atoms with Crippen molar-refractivity contribution in [2.45, 2.75) is 77.4 Å². The van der Waals surface area contributed by atoms with Crippen LogP contribution in [-0.2, 0) is 4.74 Å². The number of rotatable bonds is 8. The molecular weight excluding hydrogens is 364 g/mol. The molecule has 1 aliphatic carbocycles. The number of imidazole rings is 1. The van der Waals surface area contributed by atoms with E-state index in [1.54, 1.807) is 6.20 Å². The van der Waals surface area contributed by atoms with Gasteiger partial charge in [-0.05, 0) is 50.7 Å². The van der Waals surface area contributed by atoms with E-state index in [1.165, 1.54) is 23.8 Å². The molecule has 0 aliphatic heterocycles. The monoisotopic (exact) mass is 392 g/mol. The Morgan fingerprint density at radius 1 is 1.30 bits per heavy atom. The highest BCUT2D eigenvalue weighted by atomic mass is 35.5. The lowest BCUT2D eigenvalue weighted by Gasteiger charge is -2.29. The molecule has 0 spiro atoms. The third-order valence-electron chi connectivity index (χ3n) is 5.22. The number of aryl methyl sites for hydroxylation is 1. The Balaban J connectivity index is 1.48. The first-order valence-electron chi connectivity index (χ1n) is 10.0. The lowest BCUT2D eigenvalue weighted by molar-refractivity contribution is 0.0203. The van der Waals surface area contributed by atoms with Gasteiger partial charge in [0.05, 0.1) is 12.3 Å². The summed E-state index contributed by atoms with van der Waals surface area (Å²) in [5.74, 6) is -0.154. The first-order chi connectivity index (χ1) is 13.1. The number of unbranched alkanes of at least 4 members (excludes halogenated alkanes) is 3. The SMILES string of the molecule is CCCCCCO[C@H]1CC[C@H](NC(=O)c2cnc3cc(C)c(Cl)nn23)CC1. The van der Waals surface area contributed by atoms with Crippen molar-refractivity contribution in [3.63, 3.8) is 0 Å². The minimum atomic E-state index is -0.154. The van der Waals surface area contributed by atoms with Gasteiger partial charge in [-0.2, -0.15) is 5.10 Å². The van der Waals surface area contributed by atoms with E-state index >= 15 is 0 Å². The zero-order chi connectivity index (χ0) is 19.2. The van der Waals surface area contributed by atoms with Gasteiger partial charge in [-0.3, -0.25) is 4.79 Å². The van der Waals surface area contributed by atoms with E-state index < -0.39 is 0 Å². The van der Waals surface area contributed by atoms with Crippen LogP contribution in [0.15, 0.2) is 12.3 Å². The van der Waals surface area contributed by atoms with Crippen LogP contribution >= 0.6 is 11.6 Å². The summed E-state index contributed by atoms with van der Waals surface area (Å²) < 4.78 is 7.50. The fourth-order valence-electron chi connectivity index (χ4n) is 3.55. The number of hydrogen-bond acceptors (Lipinski definition) is 4. The maximum Gasteiger partial charge on any atom is 0.271 e. The van der Waals surface area contributed by atoms with E-state index in [4.69, 9.17) is 16.3 Å². The van der Waals surface area contributed by atoms with Crippen LogP contribution in [-0.4, -0.2) is 39.3 Å². The van der Waals surface area contributed by atoms with Crippen LogP contribution in [0, 0.1) is 6.92 Å². The van der Waals surface area contributed by atoms with Crippen LogP contribution in [0.2, 0.25) is 5.15 Å². The smallest absolute Gasteiger partial charge is 0.271 e. The van der Waals surface area contributed by atoms with Crippen molar-refractivity contribution in [3.8, 4) is 0 Å². The molecule has 148 valence electrons. The molecule has 0 saturated heterocycles. The molecule has 0 atom stereocenters. The molecule has 3 rings (SSSR count). The molecule has 0 bridgehead atoms. The van der Waals surface area contributed by atoms with Crippen molar-refractivity contribution in [2.24, 2.45) is 0 Å². The highest BCUT2D eigenvalue weighted by Crippen LogP contribution is 2.22. The first kappa shape index (κ1) is 20.1. The van der Waals surface area contributed by atoms with E-state index in [0.29, 0.717) is 22.6 Å². The van der Waals surface area contributed by atoms with Gasteiger partial charge < -0.3 is 10.1 Å². The molecule has 1 fully saturated rings. The van der Waals surface area contributed by atoms with Gasteiger partial charge in [0.25, 0.3) is 5.91 Å². The zero-order valence-electron chi connectivity index (χ0n) is 16.2. The zero-order valence-corrected chi connectivity index (χ0v) is 17.0. The molecule has 0 radical (unpaired) electrons. The van der Waals surface area contributed by atoms with Crippen LogP contribution in [0.1, 0.15) is 74.3 Å². The number of amides is 1. The number of carbonyl (C=O) groups is 1. The number of halogens is 1. The van der Waals surface area contributed by atoms with Gasteiger partial charge in [-0.1, -0.05) is 37.8 Å². The van der Waals surface area contributed by atoms with Crippen LogP contribution in [0.3, 0.4) is 0 Å². The van der Waals surface area contributed by atoms with E-state index in [2.05, 4.69) is 22.3 Å². The van der Waals surface area contributed by atoms with E-state index in [1.807, 2.05) is 13.0 Å². The van der Waals surface area contributed by atoms with Gasteiger partial charge >= 0.3 is 0 Å². The highest BCUT2D eigenvalue weighted by Gasteiger charge is 2.24. The lowest BCUT2D eigenvalue weighted by Crippen LogP contribution is -2.39. The van der Waals surface area contributed by atoms with Crippen molar-refractivity contribution >= 4 is 23.2 Å². The largest absolute Gasteiger partial charge is 0.378 e. The molecule has 2 aromatic heterocycles. The molecule has 6 nitrogen and oxygen atoms in total. The van der Waals surface area contributed by atoms with Crippen LogP contribution in [0.5, 0.6) is 0 Å². The molecule has 1 amide bonds. The maximum absolute atomic E-state index is 12.7. The second-order valence-corrected chi connectivity index (χ2v) is 7.77. The fraction of sp³-hybridized carbons (Fsp3) is 0.650. The van der Waals surface area contributed by atoms with E-state index in [0.717, 1.165) is 44.3 Å². The minimum Gasteiger partial charge on any atom is -0.378 e. The van der Waals surface area contributed by atoms with Crippen LogP contribution in [0.25, 0.3) is 5.65 Å². The normalized spacial score (nSPS) is 20.1. The molecule has 2 aromatic rings. The Kier molecular flexibility index (Phi) is 7.07. The number of nitrogens with one attached hydrogen (secondary N) is 1. The minimum absolute atomic E-state index is 0.154. The van der Waals surface area contributed by atoms with Crippen molar-refractivity contribution < 1.29 is 9.53 Å². The molecule has 27 heavy (non-hydrogen) atoms. The topological polar surface area (TPSA) is 68.5 Å². The second kappa shape index (κ2) is 9.51. The number of ether oxygens (including phenoxy) is 1. The molecule has 1 aliphatic rings.